The van der Waals surface area contributed by atoms with Crippen molar-refractivity contribution >= 4 is 10.2 Å². The van der Waals surface area contributed by atoms with Gasteiger partial charge in [0.2, 0.25) is 0 Å². The molecule has 76 valence electrons. The molecule has 0 radical (unpaired) electrons. The lowest BCUT2D eigenvalue weighted by Gasteiger charge is -2.09. The highest BCUT2D eigenvalue weighted by Gasteiger charge is 2.08. The van der Waals surface area contributed by atoms with Crippen LogP contribution in [0.2, 0.25) is 0 Å². The molecule has 0 aromatic carbocycles. The van der Waals surface area contributed by atoms with Gasteiger partial charge >= 0.3 is 0 Å². The summed E-state index contributed by atoms with van der Waals surface area (Å²) < 4.78 is 27.1. The van der Waals surface area contributed by atoms with Crippen LogP contribution < -0.4 is 9.44 Å². The van der Waals surface area contributed by atoms with E-state index in [0.717, 1.165) is 0 Å². The molecule has 0 amide bonds. The van der Waals surface area contributed by atoms with E-state index >= 15 is 0 Å². The van der Waals surface area contributed by atoms with E-state index in [4.69, 9.17) is 6.42 Å². The third kappa shape index (κ3) is 7.78. The van der Waals surface area contributed by atoms with Gasteiger partial charge in [0.25, 0.3) is 10.2 Å². The maximum Gasteiger partial charge on any atom is 0.277 e. The Morgan fingerprint density at radius 1 is 1.46 bits per heavy atom. The topological polar surface area (TPSA) is 58.2 Å². The molecule has 0 spiro atoms. The Morgan fingerprint density at radius 2 is 2.08 bits per heavy atom. The van der Waals surface area contributed by atoms with Crippen LogP contribution in [0.1, 0.15) is 26.7 Å². The van der Waals surface area contributed by atoms with E-state index in [1.165, 1.54) is 0 Å². The highest BCUT2D eigenvalue weighted by atomic mass is 32.2. The predicted molar refractivity (Wildman–Crippen MR) is 53.3 cm³/mol. The Balaban J connectivity index is 3.72. The summed E-state index contributed by atoms with van der Waals surface area (Å²) in [5.41, 5.74) is 0. The number of terminal acetylenes is 1. The third-order valence-electron chi connectivity index (χ3n) is 1.18. The molecule has 0 unspecified atom stereocenters. The highest BCUT2D eigenvalue weighted by Crippen LogP contribution is 1.87. The van der Waals surface area contributed by atoms with Crippen molar-refractivity contribution in [3.8, 4) is 12.3 Å². The lowest BCUT2D eigenvalue weighted by Crippen LogP contribution is -2.40. The molecule has 0 saturated heterocycles. The first-order chi connectivity index (χ1) is 5.98. The fourth-order valence-electron chi connectivity index (χ4n) is 0.749. The van der Waals surface area contributed by atoms with Crippen molar-refractivity contribution in [3.05, 3.63) is 0 Å². The van der Waals surface area contributed by atoms with Gasteiger partial charge < -0.3 is 0 Å². The molecule has 0 saturated carbocycles. The van der Waals surface area contributed by atoms with Crippen LogP contribution >= 0.6 is 0 Å². The van der Waals surface area contributed by atoms with Gasteiger partial charge in [0.1, 0.15) is 0 Å². The zero-order valence-corrected chi connectivity index (χ0v) is 8.82. The maximum absolute atomic E-state index is 11.1. The molecular weight excluding hydrogens is 188 g/mol. The van der Waals surface area contributed by atoms with Crippen LogP contribution in [0.5, 0.6) is 0 Å². The van der Waals surface area contributed by atoms with E-state index < -0.39 is 10.2 Å². The molecule has 0 aromatic rings. The van der Waals surface area contributed by atoms with Crippen LogP contribution in [0.4, 0.5) is 0 Å². The van der Waals surface area contributed by atoms with Gasteiger partial charge in [-0.2, -0.15) is 13.1 Å². The molecule has 5 heteroatoms. The average molecular weight is 204 g/mol. The molecule has 0 fully saturated rings. The van der Waals surface area contributed by atoms with Crippen molar-refractivity contribution in [1.29, 1.82) is 0 Å². The summed E-state index contributed by atoms with van der Waals surface area (Å²) in [6, 6.07) is -0.0925. The summed E-state index contributed by atoms with van der Waals surface area (Å²) in [6.45, 7) is 3.91. The van der Waals surface area contributed by atoms with Gasteiger partial charge in [-0.3, -0.25) is 0 Å². The van der Waals surface area contributed by atoms with E-state index in [1.807, 2.05) is 0 Å². The van der Waals surface area contributed by atoms with Gasteiger partial charge in [-0.25, -0.2) is 4.72 Å². The summed E-state index contributed by atoms with van der Waals surface area (Å²) in [5.74, 6) is 2.44. The van der Waals surface area contributed by atoms with Crippen molar-refractivity contribution in [2.75, 3.05) is 6.54 Å². The minimum absolute atomic E-state index is 0.0925. The number of unbranched alkanes of at least 4 members (excludes halogenated alkanes) is 1. The van der Waals surface area contributed by atoms with Gasteiger partial charge in [-0.15, -0.1) is 12.3 Å². The highest BCUT2D eigenvalue weighted by molar-refractivity contribution is 7.87. The van der Waals surface area contributed by atoms with Crippen molar-refractivity contribution in [3.63, 3.8) is 0 Å². The number of hydrogen-bond acceptors (Lipinski definition) is 2. The van der Waals surface area contributed by atoms with E-state index in [-0.39, 0.29) is 6.04 Å². The second-order valence-corrected chi connectivity index (χ2v) is 4.51. The largest absolute Gasteiger partial charge is 0.277 e. The van der Waals surface area contributed by atoms with Crippen LogP contribution in [0, 0.1) is 12.3 Å². The first-order valence-corrected chi connectivity index (χ1v) is 5.66. The zero-order valence-electron chi connectivity index (χ0n) is 8.00. The van der Waals surface area contributed by atoms with Gasteiger partial charge in [0.05, 0.1) is 0 Å². The molecule has 0 aromatic heterocycles. The van der Waals surface area contributed by atoms with Gasteiger partial charge in [0, 0.05) is 19.0 Å². The molecule has 0 aliphatic heterocycles. The number of hydrogen-bond donors (Lipinski definition) is 2. The fraction of sp³-hybridized carbons (Fsp3) is 0.750. The molecule has 0 aliphatic carbocycles. The third-order valence-corrected chi connectivity index (χ3v) is 2.55. The molecule has 13 heavy (non-hydrogen) atoms. The lowest BCUT2D eigenvalue weighted by atomic mass is 10.3. The first-order valence-electron chi connectivity index (χ1n) is 4.18. The first kappa shape index (κ1) is 12.4. The van der Waals surface area contributed by atoms with E-state index in [0.29, 0.717) is 19.4 Å². The van der Waals surface area contributed by atoms with E-state index in [2.05, 4.69) is 15.4 Å². The van der Waals surface area contributed by atoms with Crippen LogP contribution in [0.25, 0.3) is 0 Å². The summed E-state index contributed by atoms with van der Waals surface area (Å²) in [6.07, 6.45) is 6.27. The van der Waals surface area contributed by atoms with E-state index in [1.54, 1.807) is 13.8 Å². The van der Waals surface area contributed by atoms with Crippen LogP contribution in [0.15, 0.2) is 0 Å². The number of nitrogens with one attached hydrogen (secondary N) is 2. The molecule has 0 atom stereocenters. The Hall–Kier alpha value is -0.570. The Bertz CT molecular complexity index is 264. The van der Waals surface area contributed by atoms with Crippen LogP contribution in [0.3, 0.4) is 0 Å². The van der Waals surface area contributed by atoms with Crippen molar-refractivity contribution in [1.82, 2.24) is 9.44 Å². The molecule has 0 bridgehead atoms. The standard InChI is InChI=1S/C8H16N2O2S/c1-4-5-6-7-9-13(11,12)10-8(2)3/h1,8-10H,5-7H2,2-3H3. The van der Waals surface area contributed by atoms with Gasteiger partial charge in [-0.1, -0.05) is 0 Å². The fourth-order valence-corrected chi connectivity index (χ4v) is 1.87. The minimum atomic E-state index is -3.33. The van der Waals surface area contributed by atoms with E-state index in [9.17, 15) is 8.42 Å². The van der Waals surface area contributed by atoms with Gasteiger partial charge in [0.15, 0.2) is 0 Å². The van der Waals surface area contributed by atoms with Crippen LogP contribution in [-0.2, 0) is 10.2 Å². The lowest BCUT2D eigenvalue weighted by molar-refractivity contribution is 0.553. The molecule has 2 N–H and O–H groups in total. The smallest absolute Gasteiger partial charge is 0.202 e. The summed E-state index contributed by atoms with van der Waals surface area (Å²) in [7, 11) is -3.33. The molecule has 0 rings (SSSR count). The Morgan fingerprint density at radius 3 is 2.54 bits per heavy atom. The molecular formula is C8H16N2O2S. The molecule has 0 aliphatic rings. The predicted octanol–water partition coefficient (Wildman–Crippen LogP) is 0.232. The van der Waals surface area contributed by atoms with Gasteiger partial charge in [-0.05, 0) is 20.3 Å². The minimum Gasteiger partial charge on any atom is -0.202 e. The number of rotatable bonds is 6. The van der Waals surface area contributed by atoms with Crippen molar-refractivity contribution < 1.29 is 8.42 Å². The summed E-state index contributed by atoms with van der Waals surface area (Å²) >= 11 is 0. The SMILES string of the molecule is C#CCCCNS(=O)(=O)NC(C)C. The second kappa shape index (κ2) is 5.97. The average Bonchev–Trinajstić information content (AvgIpc) is 1.95. The maximum atomic E-state index is 11.1. The quantitative estimate of drug-likeness (QED) is 0.481. The second-order valence-electron chi connectivity index (χ2n) is 2.98. The molecule has 4 nitrogen and oxygen atoms in total. The summed E-state index contributed by atoms with van der Waals surface area (Å²) in [5, 5.41) is 0. The van der Waals surface area contributed by atoms with Crippen molar-refractivity contribution in [2.24, 2.45) is 0 Å². The summed E-state index contributed by atoms with van der Waals surface area (Å²) in [4.78, 5) is 0. The zero-order chi connectivity index (χ0) is 10.3. The van der Waals surface area contributed by atoms with Crippen molar-refractivity contribution in [2.45, 2.75) is 32.7 Å². The Labute approximate surface area is 80.3 Å². The normalized spacial score (nSPS) is 11.5. The monoisotopic (exact) mass is 204 g/mol. The Kier molecular flexibility index (Phi) is 5.71. The molecule has 0 heterocycles. The van der Waals surface area contributed by atoms with Crippen LogP contribution in [-0.4, -0.2) is 21.0 Å².